The molecule has 2 aromatic carbocycles. The number of terminal acetylenes is 1. The summed E-state index contributed by atoms with van der Waals surface area (Å²) >= 11 is 0. The lowest BCUT2D eigenvalue weighted by molar-refractivity contribution is 0.0697. The summed E-state index contributed by atoms with van der Waals surface area (Å²) in [6.07, 6.45) is 5.15. The summed E-state index contributed by atoms with van der Waals surface area (Å²) in [6.45, 7) is 0.0134. The highest BCUT2D eigenvalue weighted by molar-refractivity contribution is 6.09. The number of benzene rings is 3. The molecule has 152 valence electrons. The van der Waals surface area contributed by atoms with Crippen LogP contribution in [0.3, 0.4) is 0 Å². The summed E-state index contributed by atoms with van der Waals surface area (Å²) in [6, 6.07) is 13.0. The Hall–Kier alpha value is -4.57. The van der Waals surface area contributed by atoms with E-state index < -0.39 is 11.9 Å². The molecule has 2 aromatic rings. The third kappa shape index (κ3) is 3.58. The number of carboxylic acids is 1. The molecule has 31 heavy (non-hydrogen) atoms. The van der Waals surface area contributed by atoms with Crippen molar-refractivity contribution in [3.05, 3.63) is 75.9 Å². The van der Waals surface area contributed by atoms with Gasteiger partial charge in [-0.2, -0.15) is 0 Å². The first kappa shape index (κ1) is 19.7. The monoisotopic (exact) mass is 413 g/mol. The van der Waals surface area contributed by atoms with E-state index in [2.05, 4.69) is 11.2 Å². The molecule has 0 bridgehead atoms. The summed E-state index contributed by atoms with van der Waals surface area (Å²) in [5.41, 5.74) is 1.39. The predicted octanol–water partition coefficient (Wildman–Crippen LogP) is 3.33. The first-order valence-corrected chi connectivity index (χ1v) is 9.18. The van der Waals surface area contributed by atoms with E-state index in [1.165, 1.54) is 42.5 Å². The van der Waals surface area contributed by atoms with Gasteiger partial charge in [0.25, 0.3) is 5.91 Å². The van der Waals surface area contributed by atoms with Crippen molar-refractivity contribution >= 4 is 22.8 Å². The maximum atomic E-state index is 12.2. The van der Waals surface area contributed by atoms with Crippen LogP contribution in [0.5, 0.6) is 5.75 Å². The summed E-state index contributed by atoms with van der Waals surface area (Å²) in [5.74, 6) is 0.760. The number of amides is 1. The van der Waals surface area contributed by atoms with Crippen LogP contribution in [0.4, 0.5) is 0 Å². The predicted molar refractivity (Wildman–Crippen MR) is 114 cm³/mol. The van der Waals surface area contributed by atoms with E-state index >= 15 is 0 Å². The Labute approximate surface area is 175 Å². The fourth-order valence-electron chi connectivity index (χ4n) is 3.46. The van der Waals surface area contributed by atoms with Crippen LogP contribution in [0.2, 0.25) is 0 Å². The van der Waals surface area contributed by atoms with Gasteiger partial charge in [-0.15, -0.1) is 6.42 Å². The molecule has 1 aliphatic heterocycles. The highest BCUT2D eigenvalue weighted by atomic mass is 16.4. The molecule has 0 saturated carbocycles. The highest BCUT2D eigenvalue weighted by Gasteiger charge is 2.23. The van der Waals surface area contributed by atoms with Gasteiger partial charge in [0.1, 0.15) is 17.1 Å². The molecule has 0 aromatic heterocycles. The number of phenolic OH excluding ortho intramolecular Hbond substituents is 1. The van der Waals surface area contributed by atoms with E-state index in [1.807, 2.05) is 0 Å². The zero-order valence-corrected chi connectivity index (χ0v) is 16.0. The van der Waals surface area contributed by atoms with E-state index in [-0.39, 0.29) is 40.2 Å². The molecule has 0 saturated heterocycles. The molecule has 4 rings (SSSR count). The van der Waals surface area contributed by atoms with Crippen LogP contribution in [-0.2, 0) is 0 Å². The van der Waals surface area contributed by atoms with Crippen LogP contribution < -0.4 is 10.7 Å². The van der Waals surface area contributed by atoms with Crippen molar-refractivity contribution < 1.29 is 24.2 Å². The van der Waals surface area contributed by atoms with Gasteiger partial charge in [0, 0.05) is 34.2 Å². The van der Waals surface area contributed by atoms with Crippen LogP contribution in [0.25, 0.3) is 33.4 Å². The Morgan fingerprint density at radius 3 is 2.55 bits per heavy atom. The Kier molecular flexibility index (Phi) is 4.89. The molecule has 1 amide bonds. The van der Waals surface area contributed by atoms with Crippen LogP contribution in [0, 0.1) is 12.3 Å². The average Bonchev–Trinajstić information content (AvgIpc) is 2.75. The van der Waals surface area contributed by atoms with Crippen molar-refractivity contribution in [1.29, 1.82) is 0 Å². The fraction of sp³-hybridized carbons (Fsp3) is 0.0417. The third-order valence-corrected chi connectivity index (χ3v) is 4.81. The van der Waals surface area contributed by atoms with Gasteiger partial charge in [0.15, 0.2) is 5.43 Å². The number of carboxylic acid groups (broad SMARTS) is 1. The molecule has 7 heteroatoms. The molecule has 0 atom stereocenters. The standard InChI is InChI=1S/C24H15NO6/c1-2-9-25-23(28)13-3-6-16(19(10-13)24(29)30)22-17-7-4-14(26)11-20(17)31-21-12-15(27)5-8-18(21)22/h1,3-8,10-12,26H,9H2,(H,25,28)(H,29,30). The normalized spacial score (nSPS) is 10.7. The second-order valence-corrected chi connectivity index (χ2v) is 6.77. The van der Waals surface area contributed by atoms with Crippen molar-refractivity contribution in [2.24, 2.45) is 0 Å². The van der Waals surface area contributed by atoms with E-state index in [4.69, 9.17) is 10.8 Å². The number of fused-ring (bicyclic) bond motifs is 2. The number of rotatable bonds is 4. The summed E-state index contributed by atoms with van der Waals surface area (Å²) < 4.78 is 5.79. The van der Waals surface area contributed by atoms with E-state index in [0.29, 0.717) is 22.1 Å². The molecule has 0 spiro atoms. The second kappa shape index (κ2) is 7.69. The van der Waals surface area contributed by atoms with Gasteiger partial charge in [0.05, 0.1) is 12.1 Å². The van der Waals surface area contributed by atoms with Gasteiger partial charge in [-0.1, -0.05) is 12.0 Å². The highest BCUT2D eigenvalue weighted by Crippen LogP contribution is 2.42. The Balaban J connectivity index is 2.04. The Morgan fingerprint density at radius 2 is 1.81 bits per heavy atom. The lowest BCUT2D eigenvalue weighted by Gasteiger charge is -2.17. The van der Waals surface area contributed by atoms with Crippen LogP contribution >= 0.6 is 0 Å². The quantitative estimate of drug-likeness (QED) is 0.349. The second-order valence-electron chi connectivity index (χ2n) is 6.77. The molecule has 1 heterocycles. The largest absolute Gasteiger partial charge is 0.508 e. The number of phenols is 1. The Bertz CT molecular complexity index is 1430. The maximum absolute atomic E-state index is 12.2. The molecule has 0 unspecified atom stereocenters. The van der Waals surface area contributed by atoms with Gasteiger partial charge < -0.3 is 19.9 Å². The minimum atomic E-state index is -1.23. The van der Waals surface area contributed by atoms with Crippen molar-refractivity contribution in [2.45, 2.75) is 0 Å². The van der Waals surface area contributed by atoms with Crippen molar-refractivity contribution in [3.8, 4) is 40.5 Å². The molecule has 2 aliphatic rings. The number of aromatic carboxylic acids is 1. The smallest absolute Gasteiger partial charge is 0.336 e. The number of nitrogens with one attached hydrogen (secondary N) is 1. The molecule has 1 aliphatic carbocycles. The minimum absolute atomic E-state index is 0.0134. The van der Waals surface area contributed by atoms with Crippen LogP contribution in [-0.4, -0.2) is 28.6 Å². The third-order valence-electron chi connectivity index (χ3n) is 4.81. The van der Waals surface area contributed by atoms with E-state index in [1.54, 1.807) is 12.1 Å². The molecule has 0 fully saturated rings. The zero-order chi connectivity index (χ0) is 22.1. The number of hydrogen-bond acceptors (Lipinski definition) is 5. The van der Waals surface area contributed by atoms with Gasteiger partial charge >= 0.3 is 5.97 Å². The molecule has 7 nitrogen and oxygen atoms in total. The number of carbonyl (C=O) groups excluding carboxylic acids is 1. The summed E-state index contributed by atoms with van der Waals surface area (Å²) in [4.78, 5) is 36.2. The lowest BCUT2D eigenvalue weighted by atomic mass is 9.90. The molecular weight excluding hydrogens is 398 g/mol. The SMILES string of the molecule is C#CCNC(=O)c1ccc(-c2c3ccc(=O)cc-3oc3cc(O)ccc23)c(C(=O)O)c1. The average molecular weight is 413 g/mol. The van der Waals surface area contributed by atoms with E-state index in [9.17, 15) is 24.6 Å². The number of carbonyl (C=O) groups is 2. The van der Waals surface area contributed by atoms with Crippen molar-refractivity contribution in [3.63, 3.8) is 0 Å². The first-order valence-electron chi connectivity index (χ1n) is 9.18. The van der Waals surface area contributed by atoms with E-state index in [0.717, 1.165) is 0 Å². The summed E-state index contributed by atoms with van der Waals surface area (Å²) in [5, 5.41) is 22.8. The first-order chi connectivity index (χ1) is 14.9. The molecule has 0 radical (unpaired) electrons. The minimum Gasteiger partial charge on any atom is -0.508 e. The lowest BCUT2D eigenvalue weighted by Crippen LogP contribution is -2.23. The van der Waals surface area contributed by atoms with Crippen molar-refractivity contribution in [1.82, 2.24) is 5.32 Å². The van der Waals surface area contributed by atoms with Crippen LogP contribution in [0.15, 0.2) is 63.8 Å². The topological polar surface area (TPSA) is 117 Å². The summed E-state index contributed by atoms with van der Waals surface area (Å²) in [7, 11) is 0. The zero-order valence-electron chi connectivity index (χ0n) is 16.0. The van der Waals surface area contributed by atoms with Gasteiger partial charge in [-0.05, 0) is 42.0 Å². The van der Waals surface area contributed by atoms with Gasteiger partial charge in [0.2, 0.25) is 0 Å². The maximum Gasteiger partial charge on any atom is 0.336 e. The fourth-order valence-corrected chi connectivity index (χ4v) is 3.46. The van der Waals surface area contributed by atoms with Gasteiger partial charge in [-0.25, -0.2) is 4.79 Å². The number of aromatic hydroxyl groups is 1. The Morgan fingerprint density at radius 1 is 1.03 bits per heavy atom. The van der Waals surface area contributed by atoms with Crippen LogP contribution in [0.1, 0.15) is 20.7 Å². The molecular formula is C24H15NO6. The number of hydrogen-bond donors (Lipinski definition) is 3. The van der Waals surface area contributed by atoms with Crippen molar-refractivity contribution in [2.75, 3.05) is 6.54 Å². The molecule has 3 N–H and O–H groups in total. The van der Waals surface area contributed by atoms with Gasteiger partial charge in [-0.3, -0.25) is 9.59 Å².